The maximum Gasteiger partial charge on any atom is 0.187 e. The van der Waals surface area contributed by atoms with Crippen LogP contribution in [0.5, 0.6) is 0 Å². The number of rotatable bonds is 3. The van der Waals surface area contributed by atoms with Gasteiger partial charge in [-0.3, -0.25) is 0 Å². The normalized spacial score (nSPS) is 10.0. The highest BCUT2D eigenvalue weighted by Gasteiger charge is 2.04. The number of nitrogen functional groups attached to an aromatic ring is 1. The molecule has 0 saturated carbocycles. The Hall–Kier alpha value is -0.770. The highest BCUT2D eigenvalue weighted by atomic mass is 32.1. The van der Waals surface area contributed by atoms with Crippen LogP contribution in [0.3, 0.4) is 0 Å². The Morgan fingerprint density at radius 1 is 1.55 bits per heavy atom. The summed E-state index contributed by atoms with van der Waals surface area (Å²) >= 11 is 1.60. The number of thiazole rings is 1. The summed E-state index contributed by atoms with van der Waals surface area (Å²) in [4.78, 5) is 6.36. The fraction of sp³-hybridized carbons (Fsp3) is 0.571. The van der Waals surface area contributed by atoms with Crippen molar-refractivity contribution in [1.82, 2.24) is 4.98 Å². The first kappa shape index (κ1) is 8.33. The Bertz CT molecular complexity index is 217. The monoisotopic (exact) mass is 171 g/mol. The van der Waals surface area contributed by atoms with E-state index in [4.69, 9.17) is 5.73 Å². The van der Waals surface area contributed by atoms with Crippen LogP contribution in [0, 0.1) is 0 Å². The molecule has 4 heteroatoms. The molecule has 2 N–H and O–H groups in total. The van der Waals surface area contributed by atoms with E-state index < -0.39 is 0 Å². The summed E-state index contributed by atoms with van der Waals surface area (Å²) < 4.78 is 0. The van der Waals surface area contributed by atoms with Crippen molar-refractivity contribution in [2.45, 2.75) is 13.8 Å². The molecule has 3 nitrogen and oxygen atoms in total. The molecule has 0 saturated heterocycles. The summed E-state index contributed by atoms with van der Waals surface area (Å²) in [6, 6.07) is 0. The molecule has 1 rings (SSSR count). The molecule has 0 unspecified atom stereocenters. The molecule has 0 atom stereocenters. The van der Waals surface area contributed by atoms with Crippen molar-refractivity contribution in [2.75, 3.05) is 23.7 Å². The van der Waals surface area contributed by atoms with E-state index in [0.717, 1.165) is 18.2 Å². The number of nitrogens with two attached hydrogens (primary N) is 1. The summed E-state index contributed by atoms with van der Waals surface area (Å²) in [6.07, 6.45) is 0. The third kappa shape index (κ3) is 1.83. The van der Waals surface area contributed by atoms with E-state index in [1.165, 1.54) is 0 Å². The summed E-state index contributed by atoms with van der Waals surface area (Å²) in [5.41, 5.74) is 5.50. The van der Waals surface area contributed by atoms with Crippen molar-refractivity contribution >= 4 is 22.3 Å². The third-order valence-electron chi connectivity index (χ3n) is 1.54. The zero-order chi connectivity index (χ0) is 8.27. The molecule has 62 valence electrons. The summed E-state index contributed by atoms with van der Waals surface area (Å²) in [5.74, 6) is 0.622. The van der Waals surface area contributed by atoms with E-state index in [9.17, 15) is 0 Å². The van der Waals surface area contributed by atoms with E-state index in [0.29, 0.717) is 5.82 Å². The quantitative estimate of drug-likeness (QED) is 0.750. The van der Waals surface area contributed by atoms with Gasteiger partial charge in [0.25, 0.3) is 0 Å². The van der Waals surface area contributed by atoms with Crippen LogP contribution >= 0.6 is 11.3 Å². The SMILES string of the molecule is CCN(CC)c1nc(N)cs1. The zero-order valence-electron chi connectivity index (χ0n) is 6.87. The highest BCUT2D eigenvalue weighted by molar-refractivity contribution is 7.14. The van der Waals surface area contributed by atoms with Crippen molar-refractivity contribution < 1.29 is 0 Å². The van der Waals surface area contributed by atoms with Gasteiger partial charge in [0.2, 0.25) is 0 Å². The standard InChI is InChI=1S/C7H13N3S/c1-3-10(4-2)7-9-6(8)5-11-7/h5H,3-4,8H2,1-2H3. The molecule has 0 spiro atoms. The number of hydrogen-bond acceptors (Lipinski definition) is 4. The van der Waals surface area contributed by atoms with E-state index in [1.54, 1.807) is 11.3 Å². The smallest absolute Gasteiger partial charge is 0.187 e. The zero-order valence-corrected chi connectivity index (χ0v) is 7.69. The Kier molecular flexibility index (Phi) is 2.70. The van der Waals surface area contributed by atoms with Crippen molar-refractivity contribution in [3.63, 3.8) is 0 Å². The van der Waals surface area contributed by atoms with Crippen LogP contribution in [0.15, 0.2) is 5.38 Å². The summed E-state index contributed by atoms with van der Waals surface area (Å²) in [6.45, 7) is 6.20. The molecular formula is C7H13N3S. The van der Waals surface area contributed by atoms with Crippen molar-refractivity contribution in [2.24, 2.45) is 0 Å². The summed E-state index contributed by atoms with van der Waals surface area (Å²) in [7, 11) is 0. The predicted octanol–water partition coefficient (Wildman–Crippen LogP) is 1.57. The number of hydrogen-bond donors (Lipinski definition) is 1. The number of anilines is 2. The Labute approximate surface area is 70.9 Å². The second-order valence-corrected chi connectivity index (χ2v) is 3.06. The van der Waals surface area contributed by atoms with Crippen LogP contribution < -0.4 is 10.6 Å². The largest absolute Gasteiger partial charge is 0.383 e. The van der Waals surface area contributed by atoms with Crippen LogP contribution in [0.4, 0.5) is 10.9 Å². The number of aromatic nitrogens is 1. The lowest BCUT2D eigenvalue weighted by atomic mass is 10.6. The second-order valence-electron chi connectivity index (χ2n) is 2.23. The Morgan fingerprint density at radius 3 is 2.55 bits per heavy atom. The molecule has 1 aromatic rings. The molecule has 0 bridgehead atoms. The van der Waals surface area contributed by atoms with Gasteiger partial charge >= 0.3 is 0 Å². The van der Waals surface area contributed by atoms with Crippen LogP contribution in [0.25, 0.3) is 0 Å². The van der Waals surface area contributed by atoms with Gasteiger partial charge in [-0.2, -0.15) is 0 Å². The minimum Gasteiger partial charge on any atom is -0.383 e. The van der Waals surface area contributed by atoms with Gasteiger partial charge in [0.1, 0.15) is 5.82 Å². The van der Waals surface area contributed by atoms with Crippen LogP contribution in [-0.2, 0) is 0 Å². The highest BCUT2D eigenvalue weighted by Crippen LogP contribution is 2.20. The minimum absolute atomic E-state index is 0.622. The van der Waals surface area contributed by atoms with Gasteiger partial charge in [-0.25, -0.2) is 4.98 Å². The first-order valence-electron chi connectivity index (χ1n) is 3.73. The topological polar surface area (TPSA) is 42.2 Å². The van der Waals surface area contributed by atoms with E-state index in [-0.39, 0.29) is 0 Å². The fourth-order valence-corrected chi connectivity index (χ4v) is 1.76. The molecular weight excluding hydrogens is 158 g/mol. The van der Waals surface area contributed by atoms with E-state index in [2.05, 4.69) is 23.7 Å². The Balaban J connectivity index is 2.73. The lowest BCUT2D eigenvalue weighted by Crippen LogP contribution is -2.21. The van der Waals surface area contributed by atoms with Gasteiger partial charge < -0.3 is 10.6 Å². The number of nitrogens with zero attached hydrogens (tertiary/aromatic N) is 2. The van der Waals surface area contributed by atoms with Gasteiger partial charge in [-0.1, -0.05) is 0 Å². The maximum absolute atomic E-state index is 5.50. The van der Waals surface area contributed by atoms with Gasteiger partial charge in [0.05, 0.1) is 0 Å². The first-order chi connectivity index (χ1) is 5.27. The lowest BCUT2D eigenvalue weighted by Gasteiger charge is -2.16. The second kappa shape index (κ2) is 3.57. The molecule has 0 aliphatic heterocycles. The first-order valence-corrected chi connectivity index (χ1v) is 4.61. The molecule has 0 amide bonds. The minimum atomic E-state index is 0.622. The fourth-order valence-electron chi connectivity index (χ4n) is 0.916. The van der Waals surface area contributed by atoms with Crippen molar-refractivity contribution in [1.29, 1.82) is 0 Å². The molecule has 0 aromatic carbocycles. The van der Waals surface area contributed by atoms with E-state index in [1.807, 2.05) is 5.38 Å². The van der Waals surface area contributed by atoms with Crippen LogP contribution in [0.1, 0.15) is 13.8 Å². The van der Waals surface area contributed by atoms with Crippen molar-refractivity contribution in [3.8, 4) is 0 Å². The molecule has 0 radical (unpaired) electrons. The molecule has 11 heavy (non-hydrogen) atoms. The molecule has 0 aliphatic carbocycles. The maximum atomic E-state index is 5.50. The third-order valence-corrected chi connectivity index (χ3v) is 2.46. The van der Waals surface area contributed by atoms with Gasteiger partial charge in [-0.15, -0.1) is 11.3 Å². The average Bonchev–Trinajstić information content (AvgIpc) is 2.39. The molecule has 1 aromatic heterocycles. The van der Waals surface area contributed by atoms with Crippen LogP contribution in [0.2, 0.25) is 0 Å². The predicted molar refractivity (Wildman–Crippen MR) is 50.1 cm³/mol. The van der Waals surface area contributed by atoms with Gasteiger partial charge in [0.15, 0.2) is 5.13 Å². The van der Waals surface area contributed by atoms with E-state index >= 15 is 0 Å². The average molecular weight is 171 g/mol. The Morgan fingerprint density at radius 2 is 2.18 bits per heavy atom. The van der Waals surface area contributed by atoms with Crippen molar-refractivity contribution in [3.05, 3.63) is 5.38 Å². The lowest BCUT2D eigenvalue weighted by molar-refractivity contribution is 0.861. The molecule has 0 aliphatic rings. The molecule has 1 heterocycles. The van der Waals surface area contributed by atoms with Crippen LogP contribution in [-0.4, -0.2) is 18.1 Å². The summed E-state index contributed by atoms with van der Waals surface area (Å²) in [5, 5.41) is 2.89. The van der Waals surface area contributed by atoms with Gasteiger partial charge in [0, 0.05) is 18.5 Å². The van der Waals surface area contributed by atoms with Gasteiger partial charge in [-0.05, 0) is 13.8 Å². The molecule has 0 fully saturated rings.